The summed E-state index contributed by atoms with van der Waals surface area (Å²) >= 11 is 0. The number of carbonyl (C=O) groups excluding carboxylic acids is 1. The standard InChI is InChI=1S/C25H26N2O6/c1-29-19-5-6-22-21(14-19)17(8-9-26-22)16-30-10-2-3-20-15-27(25(28)33-20)18-4-7-23-24(13-18)32-12-11-31-23/h4-9,13-14,20H,2-3,10-12,15-16H2,1H3. The van der Waals surface area contributed by atoms with Crippen molar-refractivity contribution >= 4 is 22.7 Å². The van der Waals surface area contributed by atoms with Crippen LogP contribution in [0.3, 0.4) is 0 Å². The summed E-state index contributed by atoms with van der Waals surface area (Å²) in [5, 5.41) is 1.02. The first-order valence-corrected chi connectivity index (χ1v) is 11.1. The second kappa shape index (κ2) is 9.54. The van der Waals surface area contributed by atoms with Crippen molar-refractivity contribution in [2.75, 3.05) is 38.4 Å². The number of amides is 1. The van der Waals surface area contributed by atoms with Crippen LogP contribution in [0.2, 0.25) is 0 Å². The third-order valence-corrected chi connectivity index (χ3v) is 5.82. The molecule has 0 bridgehead atoms. The molecule has 0 spiro atoms. The average Bonchev–Trinajstić information content (AvgIpc) is 3.23. The lowest BCUT2D eigenvalue weighted by atomic mass is 10.1. The first-order chi connectivity index (χ1) is 16.2. The van der Waals surface area contributed by atoms with E-state index >= 15 is 0 Å². The van der Waals surface area contributed by atoms with Crippen LogP contribution in [0.25, 0.3) is 10.9 Å². The second-order valence-electron chi connectivity index (χ2n) is 7.99. The Morgan fingerprint density at radius 3 is 2.85 bits per heavy atom. The van der Waals surface area contributed by atoms with E-state index in [1.807, 2.05) is 42.5 Å². The molecule has 1 unspecified atom stereocenters. The number of aromatic nitrogens is 1. The van der Waals surface area contributed by atoms with E-state index in [1.54, 1.807) is 18.2 Å². The number of hydrogen-bond acceptors (Lipinski definition) is 7. The van der Waals surface area contributed by atoms with Crippen molar-refractivity contribution in [3.05, 3.63) is 54.2 Å². The molecule has 0 aliphatic carbocycles. The molecule has 3 aromatic rings. The molecule has 2 aliphatic rings. The Balaban J connectivity index is 1.11. The van der Waals surface area contributed by atoms with Crippen LogP contribution in [-0.4, -0.2) is 50.7 Å². The summed E-state index contributed by atoms with van der Waals surface area (Å²) in [5.74, 6) is 2.15. The minimum Gasteiger partial charge on any atom is -0.497 e. The van der Waals surface area contributed by atoms with Gasteiger partial charge >= 0.3 is 6.09 Å². The van der Waals surface area contributed by atoms with E-state index in [4.69, 9.17) is 23.7 Å². The number of hydrogen-bond donors (Lipinski definition) is 0. The highest BCUT2D eigenvalue weighted by Gasteiger charge is 2.32. The molecule has 1 saturated heterocycles. The number of methoxy groups -OCH3 is 1. The Labute approximate surface area is 192 Å². The van der Waals surface area contributed by atoms with Crippen molar-refractivity contribution in [2.24, 2.45) is 0 Å². The number of nitrogens with zero attached hydrogens (tertiary/aromatic N) is 2. The number of pyridine rings is 1. The van der Waals surface area contributed by atoms with Gasteiger partial charge in [0, 0.05) is 24.3 Å². The summed E-state index contributed by atoms with van der Waals surface area (Å²) in [6.45, 7) is 2.61. The smallest absolute Gasteiger partial charge is 0.414 e. The van der Waals surface area contributed by atoms with Crippen molar-refractivity contribution in [3.8, 4) is 17.2 Å². The highest BCUT2D eigenvalue weighted by atomic mass is 16.6. The zero-order valence-corrected chi connectivity index (χ0v) is 18.5. The van der Waals surface area contributed by atoms with Gasteiger partial charge in [-0.25, -0.2) is 4.79 Å². The summed E-state index contributed by atoms with van der Waals surface area (Å²) in [6.07, 6.45) is 2.81. The molecule has 1 aromatic heterocycles. The van der Waals surface area contributed by atoms with E-state index in [9.17, 15) is 4.79 Å². The molecular formula is C25H26N2O6. The van der Waals surface area contributed by atoms with E-state index in [0.717, 1.165) is 40.7 Å². The van der Waals surface area contributed by atoms with E-state index in [0.29, 0.717) is 44.5 Å². The van der Waals surface area contributed by atoms with Gasteiger partial charge in [0.15, 0.2) is 11.5 Å². The Kier molecular flexibility index (Phi) is 6.17. The van der Waals surface area contributed by atoms with Gasteiger partial charge in [-0.3, -0.25) is 9.88 Å². The fourth-order valence-electron chi connectivity index (χ4n) is 4.11. The minimum atomic E-state index is -0.338. The van der Waals surface area contributed by atoms with E-state index < -0.39 is 0 Å². The van der Waals surface area contributed by atoms with Gasteiger partial charge < -0.3 is 23.7 Å². The van der Waals surface area contributed by atoms with Crippen LogP contribution in [0.1, 0.15) is 18.4 Å². The maximum Gasteiger partial charge on any atom is 0.414 e. The summed E-state index contributed by atoms with van der Waals surface area (Å²) < 4.78 is 28.0. The van der Waals surface area contributed by atoms with Crippen LogP contribution in [-0.2, 0) is 16.1 Å². The first kappa shape index (κ1) is 21.3. The Hall–Kier alpha value is -3.52. The molecule has 0 saturated carbocycles. The van der Waals surface area contributed by atoms with Gasteiger partial charge in [-0.1, -0.05) is 0 Å². The van der Waals surface area contributed by atoms with Gasteiger partial charge in [0.2, 0.25) is 0 Å². The minimum absolute atomic E-state index is 0.166. The molecule has 33 heavy (non-hydrogen) atoms. The van der Waals surface area contributed by atoms with Gasteiger partial charge in [0.05, 0.1) is 31.5 Å². The largest absolute Gasteiger partial charge is 0.497 e. The molecule has 2 aliphatic heterocycles. The van der Waals surface area contributed by atoms with Gasteiger partial charge in [-0.05, 0) is 54.8 Å². The van der Waals surface area contributed by atoms with Gasteiger partial charge in [-0.2, -0.15) is 0 Å². The number of carbonyl (C=O) groups is 1. The maximum absolute atomic E-state index is 12.4. The fraction of sp³-hybridized carbons (Fsp3) is 0.360. The lowest BCUT2D eigenvalue weighted by Crippen LogP contribution is -2.25. The molecule has 0 N–H and O–H groups in total. The van der Waals surface area contributed by atoms with Crippen molar-refractivity contribution in [3.63, 3.8) is 0 Å². The summed E-state index contributed by atoms with van der Waals surface area (Å²) in [7, 11) is 1.65. The molecule has 5 rings (SSSR count). The molecule has 8 nitrogen and oxygen atoms in total. The third kappa shape index (κ3) is 4.66. The zero-order chi connectivity index (χ0) is 22.6. The zero-order valence-electron chi connectivity index (χ0n) is 18.5. The second-order valence-corrected chi connectivity index (χ2v) is 7.99. The van der Waals surface area contributed by atoms with Gasteiger partial charge in [0.1, 0.15) is 25.1 Å². The normalized spacial score (nSPS) is 17.3. The monoisotopic (exact) mass is 450 g/mol. The van der Waals surface area contributed by atoms with Crippen molar-refractivity contribution in [1.82, 2.24) is 4.98 Å². The number of ether oxygens (including phenoxy) is 5. The molecule has 3 heterocycles. The highest BCUT2D eigenvalue weighted by Crippen LogP contribution is 2.35. The predicted molar refractivity (Wildman–Crippen MR) is 122 cm³/mol. The highest BCUT2D eigenvalue weighted by molar-refractivity contribution is 5.90. The Bertz CT molecular complexity index is 1150. The fourth-order valence-corrected chi connectivity index (χ4v) is 4.11. The average molecular weight is 450 g/mol. The predicted octanol–water partition coefficient (Wildman–Crippen LogP) is 4.34. The molecule has 1 atom stereocenters. The quantitative estimate of drug-likeness (QED) is 0.473. The van der Waals surface area contributed by atoms with E-state index in [2.05, 4.69) is 4.98 Å². The maximum atomic E-state index is 12.4. The van der Waals surface area contributed by atoms with Crippen molar-refractivity contribution in [2.45, 2.75) is 25.6 Å². The topological polar surface area (TPSA) is 79.4 Å². The Morgan fingerprint density at radius 1 is 1.09 bits per heavy atom. The van der Waals surface area contributed by atoms with Crippen molar-refractivity contribution in [1.29, 1.82) is 0 Å². The molecule has 172 valence electrons. The first-order valence-electron chi connectivity index (χ1n) is 11.1. The summed E-state index contributed by atoms with van der Waals surface area (Å²) in [6, 6.07) is 13.3. The number of rotatable bonds is 8. The molecule has 2 aromatic carbocycles. The van der Waals surface area contributed by atoms with Crippen molar-refractivity contribution < 1.29 is 28.5 Å². The SMILES string of the molecule is COc1ccc2nccc(COCCCC3CN(c4ccc5c(c4)OCCO5)C(=O)O3)c2c1. The van der Waals surface area contributed by atoms with Crippen LogP contribution >= 0.6 is 0 Å². The summed E-state index contributed by atoms with van der Waals surface area (Å²) in [5.41, 5.74) is 2.73. The Morgan fingerprint density at radius 2 is 1.97 bits per heavy atom. The molecule has 1 amide bonds. The number of cyclic esters (lactones) is 1. The molecule has 0 radical (unpaired) electrons. The molecule has 8 heteroatoms. The molecular weight excluding hydrogens is 424 g/mol. The van der Waals surface area contributed by atoms with Gasteiger partial charge in [0.25, 0.3) is 0 Å². The lowest BCUT2D eigenvalue weighted by Gasteiger charge is -2.21. The van der Waals surface area contributed by atoms with E-state index in [1.165, 1.54) is 0 Å². The van der Waals surface area contributed by atoms with E-state index in [-0.39, 0.29) is 12.2 Å². The van der Waals surface area contributed by atoms with Crippen LogP contribution in [0.4, 0.5) is 10.5 Å². The number of benzene rings is 2. The number of anilines is 1. The third-order valence-electron chi connectivity index (χ3n) is 5.82. The lowest BCUT2D eigenvalue weighted by molar-refractivity contribution is 0.0978. The van der Waals surface area contributed by atoms with Crippen LogP contribution < -0.4 is 19.1 Å². The molecule has 1 fully saturated rings. The van der Waals surface area contributed by atoms with Crippen LogP contribution in [0.5, 0.6) is 17.2 Å². The van der Waals surface area contributed by atoms with Crippen LogP contribution in [0.15, 0.2) is 48.7 Å². The summed E-state index contributed by atoms with van der Waals surface area (Å²) in [4.78, 5) is 18.4. The number of fused-ring (bicyclic) bond motifs is 2. The van der Waals surface area contributed by atoms with Crippen LogP contribution in [0, 0.1) is 0 Å². The van der Waals surface area contributed by atoms with Gasteiger partial charge in [-0.15, -0.1) is 0 Å².